The third kappa shape index (κ3) is 5.57. The first-order chi connectivity index (χ1) is 13.1. The number of rotatable bonds is 6. The molecule has 0 radical (unpaired) electrons. The third-order valence-corrected chi connectivity index (χ3v) is 4.92. The number of nitrogens with zero attached hydrogens (tertiary/aromatic N) is 4. The minimum Gasteiger partial charge on any atom is -0.370 e. The Balaban J connectivity index is 1.52. The second-order valence-corrected chi connectivity index (χ2v) is 7.08. The van der Waals surface area contributed by atoms with E-state index in [1.165, 1.54) is 11.1 Å². The highest BCUT2D eigenvalue weighted by Gasteiger charge is 2.23. The minimum atomic E-state index is -0.222. The second-order valence-electron chi connectivity index (χ2n) is 7.08. The molecular formula is C20H28N6O. The zero-order valence-electron chi connectivity index (χ0n) is 15.8. The number of nitrogens with two attached hydrogens (primary N) is 1. The number of carbonyl (C=O) groups is 1. The van der Waals surface area contributed by atoms with Gasteiger partial charge < -0.3 is 20.5 Å². The molecule has 2 aromatic rings. The lowest BCUT2D eigenvalue weighted by Gasteiger charge is -2.34. The highest BCUT2D eigenvalue weighted by atomic mass is 16.1. The molecular weight excluding hydrogens is 340 g/mol. The number of guanidine groups is 1. The first-order valence-corrected chi connectivity index (χ1v) is 9.41. The first kappa shape index (κ1) is 18.9. The molecule has 1 aliphatic heterocycles. The van der Waals surface area contributed by atoms with Crippen LogP contribution in [0.25, 0.3) is 0 Å². The van der Waals surface area contributed by atoms with Crippen LogP contribution in [0.3, 0.4) is 0 Å². The predicted molar refractivity (Wildman–Crippen MR) is 106 cm³/mol. The molecule has 1 fully saturated rings. The second kappa shape index (κ2) is 9.21. The highest BCUT2D eigenvalue weighted by molar-refractivity contribution is 5.80. The van der Waals surface area contributed by atoms with E-state index in [4.69, 9.17) is 5.73 Å². The van der Waals surface area contributed by atoms with Gasteiger partial charge in [0, 0.05) is 52.0 Å². The molecule has 1 unspecified atom stereocenters. The topological polar surface area (TPSA) is 88.5 Å². The van der Waals surface area contributed by atoms with Crippen LogP contribution in [0, 0.1) is 5.92 Å². The zero-order valence-corrected chi connectivity index (χ0v) is 15.8. The van der Waals surface area contributed by atoms with Crippen LogP contribution in [0.2, 0.25) is 0 Å². The molecule has 1 aromatic carbocycles. The number of imidazole rings is 1. The van der Waals surface area contributed by atoms with Crippen molar-refractivity contribution in [3.8, 4) is 0 Å². The summed E-state index contributed by atoms with van der Waals surface area (Å²) in [5.41, 5.74) is 7.81. The number of hydrogen-bond donors (Lipinski definition) is 2. The van der Waals surface area contributed by atoms with Crippen molar-refractivity contribution in [2.24, 2.45) is 16.6 Å². The Labute approximate surface area is 160 Å². The van der Waals surface area contributed by atoms with Crippen LogP contribution in [0.1, 0.15) is 30.4 Å². The van der Waals surface area contributed by atoms with E-state index in [1.54, 1.807) is 13.2 Å². The maximum Gasteiger partial charge on any atom is 0.217 e. The Hall–Kier alpha value is -2.83. The normalized spacial score (nSPS) is 17.7. The number of aromatic nitrogens is 2. The molecule has 0 bridgehead atoms. The highest BCUT2D eigenvalue weighted by Crippen LogP contribution is 2.19. The van der Waals surface area contributed by atoms with E-state index >= 15 is 0 Å². The number of amides is 1. The van der Waals surface area contributed by atoms with E-state index in [0.29, 0.717) is 12.3 Å². The average Bonchev–Trinajstić information content (AvgIpc) is 3.16. The molecule has 144 valence electrons. The Morgan fingerprint density at radius 2 is 2.11 bits per heavy atom. The summed E-state index contributed by atoms with van der Waals surface area (Å²) in [5.74, 6) is 0.976. The van der Waals surface area contributed by atoms with Gasteiger partial charge in [0.25, 0.3) is 0 Å². The van der Waals surface area contributed by atoms with Crippen LogP contribution in [-0.4, -0.2) is 46.5 Å². The van der Waals surface area contributed by atoms with Gasteiger partial charge in [-0.1, -0.05) is 24.3 Å². The molecule has 7 heteroatoms. The summed E-state index contributed by atoms with van der Waals surface area (Å²) < 4.78 is 2.05. The number of aliphatic imine (C=N–C) groups is 1. The summed E-state index contributed by atoms with van der Waals surface area (Å²) in [6.45, 7) is 3.32. The molecule has 1 aromatic heterocycles. The molecule has 1 amide bonds. The quantitative estimate of drug-likeness (QED) is 0.599. The van der Waals surface area contributed by atoms with Gasteiger partial charge in [0.05, 0.1) is 6.33 Å². The maximum absolute atomic E-state index is 11.2. The van der Waals surface area contributed by atoms with Gasteiger partial charge in [0.2, 0.25) is 5.91 Å². The van der Waals surface area contributed by atoms with Crippen LogP contribution in [0.4, 0.5) is 0 Å². The van der Waals surface area contributed by atoms with Crippen molar-refractivity contribution in [1.82, 2.24) is 19.8 Å². The SMILES string of the molecule is CN=C(NCc1ccc(Cn2ccnc2)cc1)N1CCCC(CC(N)=O)C1. The first-order valence-electron chi connectivity index (χ1n) is 9.41. The van der Waals surface area contributed by atoms with E-state index in [0.717, 1.165) is 45.0 Å². The summed E-state index contributed by atoms with van der Waals surface area (Å²) in [6, 6.07) is 8.56. The van der Waals surface area contributed by atoms with Crippen molar-refractivity contribution in [2.75, 3.05) is 20.1 Å². The average molecular weight is 368 g/mol. The van der Waals surface area contributed by atoms with Gasteiger partial charge in [-0.25, -0.2) is 4.98 Å². The fourth-order valence-electron chi connectivity index (χ4n) is 3.58. The summed E-state index contributed by atoms with van der Waals surface area (Å²) in [7, 11) is 1.80. The minimum absolute atomic E-state index is 0.222. The summed E-state index contributed by atoms with van der Waals surface area (Å²) in [4.78, 5) is 21.9. The summed E-state index contributed by atoms with van der Waals surface area (Å²) in [6.07, 6.45) is 8.13. The number of carbonyl (C=O) groups excluding carboxylic acids is 1. The van der Waals surface area contributed by atoms with Gasteiger partial charge in [-0.2, -0.15) is 0 Å². The number of likely N-dealkylation sites (tertiary alicyclic amines) is 1. The molecule has 2 heterocycles. The van der Waals surface area contributed by atoms with Crippen LogP contribution in [0.5, 0.6) is 0 Å². The molecule has 3 N–H and O–H groups in total. The molecule has 7 nitrogen and oxygen atoms in total. The molecule has 0 saturated carbocycles. The number of benzene rings is 1. The van der Waals surface area contributed by atoms with Gasteiger partial charge in [0.1, 0.15) is 0 Å². The van der Waals surface area contributed by atoms with Crippen molar-refractivity contribution >= 4 is 11.9 Å². The lowest BCUT2D eigenvalue weighted by molar-refractivity contribution is -0.119. The fraction of sp³-hybridized carbons (Fsp3) is 0.450. The standard InChI is InChI=1S/C20H28N6O/c1-22-20(26-9-2-3-18(14-26)11-19(21)27)24-12-16-4-6-17(7-5-16)13-25-10-8-23-15-25/h4-8,10,15,18H,2-3,9,11-14H2,1H3,(H2,21,27)(H,22,24). The molecule has 0 spiro atoms. The van der Waals surface area contributed by atoms with Crippen LogP contribution in [0.15, 0.2) is 48.0 Å². The fourth-order valence-corrected chi connectivity index (χ4v) is 3.58. The van der Waals surface area contributed by atoms with Crippen LogP contribution in [-0.2, 0) is 17.9 Å². The van der Waals surface area contributed by atoms with Crippen molar-refractivity contribution < 1.29 is 4.79 Å². The van der Waals surface area contributed by atoms with E-state index in [2.05, 4.69) is 44.5 Å². The van der Waals surface area contributed by atoms with E-state index in [9.17, 15) is 4.79 Å². The Morgan fingerprint density at radius 3 is 2.78 bits per heavy atom. The Morgan fingerprint density at radius 1 is 1.33 bits per heavy atom. The number of nitrogens with one attached hydrogen (secondary N) is 1. The third-order valence-electron chi connectivity index (χ3n) is 4.92. The maximum atomic E-state index is 11.2. The van der Waals surface area contributed by atoms with Gasteiger partial charge in [-0.15, -0.1) is 0 Å². The summed E-state index contributed by atoms with van der Waals surface area (Å²) in [5, 5.41) is 3.44. The monoisotopic (exact) mass is 368 g/mol. The van der Waals surface area contributed by atoms with Gasteiger partial charge in [-0.05, 0) is 29.9 Å². The predicted octanol–water partition coefficient (Wildman–Crippen LogP) is 1.59. The lowest BCUT2D eigenvalue weighted by Crippen LogP contribution is -2.46. The van der Waals surface area contributed by atoms with Crippen LogP contribution >= 0.6 is 0 Å². The molecule has 27 heavy (non-hydrogen) atoms. The molecule has 0 aliphatic carbocycles. The smallest absolute Gasteiger partial charge is 0.217 e. The number of hydrogen-bond acceptors (Lipinski definition) is 3. The number of piperidine rings is 1. The number of primary amides is 1. The van der Waals surface area contributed by atoms with Crippen molar-refractivity contribution in [2.45, 2.75) is 32.4 Å². The van der Waals surface area contributed by atoms with Gasteiger partial charge in [0.15, 0.2) is 5.96 Å². The molecule has 1 saturated heterocycles. The van der Waals surface area contributed by atoms with Gasteiger partial charge >= 0.3 is 0 Å². The van der Waals surface area contributed by atoms with Crippen molar-refractivity contribution in [1.29, 1.82) is 0 Å². The molecule has 1 atom stereocenters. The van der Waals surface area contributed by atoms with Crippen molar-refractivity contribution in [3.05, 3.63) is 54.1 Å². The molecule has 1 aliphatic rings. The van der Waals surface area contributed by atoms with E-state index in [-0.39, 0.29) is 5.91 Å². The van der Waals surface area contributed by atoms with Crippen molar-refractivity contribution in [3.63, 3.8) is 0 Å². The lowest BCUT2D eigenvalue weighted by atomic mass is 9.95. The zero-order chi connectivity index (χ0) is 19.1. The molecule has 3 rings (SSSR count). The van der Waals surface area contributed by atoms with Gasteiger partial charge in [-0.3, -0.25) is 9.79 Å². The largest absolute Gasteiger partial charge is 0.370 e. The van der Waals surface area contributed by atoms with E-state index < -0.39 is 0 Å². The Bertz CT molecular complexity index is 753. The van der Waals surface area contributed by atoms with Crippen LogP contribution < -0.4 is 11.1 Å². The summed E-state index contributed by atoms with van der Waals surface area (Å²) >= 11 is 0. The Kier molecular flexibility index (Phi) is 6.46. The van der Waals surface area contributed by atoms with E-state index in [1.807, 2.05) is 17.1 Å².